The third-order valence-electron chi connectivity index (χ3n) is 0.849. The van der Waals surface area contributed by atoms with Gasteiger partial charge in [0.1, 0.15) is 0 Å². The molecule has 0 aromatic heterocycles. The van der Waals surface area contributed by atoms with Crippen LogP contribution >= 0.6 is 0 Å². The van der Waals surface area contributed by atoms with Crippen molar-refractivity contribution in [3.05, 3.63) is 0 Å². The maximum atomic E-state index is 10.3. The molecule has 46 valence electrons. The second kappa shape index (κ2) is 2.23. The molecule has 0 aromatic carbocycles. The Kier molecular flexibility index (Phi) is 1.59. The topological polar surface area (TPSA) is 61.7 Å². The van der Waals surface area contributed by atoms with E-state index in [-0.39, 0.29) is 5.91 Å². The lowest BCUT2D eigenvalue weighted by atomic mass is 10.7. The number of rotatable bonds is 0. The van der Waals surface area contributed by atoms with Crippen molar-refractivity contribution in [2.45, 2.75) is 0 Å². The van der Waals surface area contributed by atoms with Crippen LogP contribution in [0.2, 0.25) is 0 Å². The van der Waals surface area contributed by atoms with E-state index >= 15 is 0 Å². The van der Waals surface area contributed by atoms with Crippen LogP contribution in [0.3, 0.4) is 0 Å². The molecule has 2 N–H and O–H groups in total. The van der Waals surface area contributed by atoms with E-state index in [9.17, 15) is 4.79 Å². The van der Waals surface area contributed by atoms with Crippen molar-refractivity contribution in [1.29, 1.82) is 0 Å². The van der Waals surface area contributed by atoms with Gasteiger partial charge >= 0.3 is 0 Å². The SMILES string of the molecule is O=C1CS(=NO)CN1. The Labute approximate surface area is 49.0 Å². The lowest BCUT2D eigenvalue weighted by Crippen LogP contribution is -2.14. The standard InChI is InChI=1S/C3H6N2O2S/c6-3-1-8(5-7)2-4-3/h7H,1-2H2,(H,4,6). The Morgan fingerprint density at radius 2 is 2.62 bits per heavy atom. The summed E-state index contributed by atoms with van der Waals surface area (Å²) in [7, 11) is -0.444. The van der Waals surface area contributed by atoms with Gasteiger partial charge in [-0.15, -0.1) is 4.53 Å². The minimum Gasteiger partial charge on any atom is -0.345 e. The predicted molar refractivity (Wildman–Crippen MR) is 29.5 cm³/mol. The number of nitrogens with one attached hydrogen (secondary N) is 1. The lowest BCUT2D eigenvalue weighted by molar-refractivity contribution is -0.117. The van der Waals surface area contributed by atoms with E-state index in [1.165, 1.54) is 0 Å². The van der Waals surface area contributed by atoms with Crippen LogP contribution < -0.4 is 5.32 Å². The normalized spacial score (nSPS) is 28.6. The fourth-order valence-corrected chi connectivity index (χ4v) is 1.42. The summed E-state index contributed by atoms with van der Waals surface area (Å²) in [6, 6.07) is 0. The Hall–Kier alpha value is -0.420. The van der Waals surface area contributed by atoms with Gasteiger partial charge in [-0.3, -0.25) is 10.0 Å². The zero-order valence-electron chi connectivity index (χ0n) is 4.13. The molecule has 1 aliphatic rings. The van der Waals surface area contributed by atoms with E-state index in [1.807, 2.05) is 0 Å². The molecular weight excluding hydrogens is 128 g/mol. The first-order valence-electron chi connectivity index (χ1n) is 2.12. The van der Waals surface area contributed by atoms with Crippen molar-refractivity contribution in [3.63, 3.8) is 0 Å². The largest absolute Gasteiger partial charge is 0.345 e. The molecule has 4 nitrogen and oxygen atoms in total. The summed E-state index contributed by atoms with van der Waals surface area (Å²) in [5.74, 6) is 0.845. The summed E-state index contributed by atoms with van der Waals surface area (Å²) in [4.78, 5) is 10.3. The predicted octanol–water partition coefficient (Wildman–Crippen LogP) is -0.735. The fraction of sp³-hybridized carbons (Fsp3) is 0.667. The number of amides is 1. The second-order valence-electron chi connectivity index (χ2n) is 1.43. The zero-order valence-corrected chi connectivity index (χ0v) is 4.94. The van der Waals surface area contributed by atoms with Crippen molar-refractivity contribution in [2.24, 2.45) is 4.53 Å². The Morgan fingerprint density at radius 3 is 2.88 bits per heavy atom. The van der Waals surface area contributed by atoms with Crippen molar-refractivity contribution in [1.82, 2.24) is 5.32 Å². The van der Waals surface area contributed by atoms with Gasteiger partial charge in [0.05, 0.1) is 11.6 Å². The lowest BCUT2D eigenvalue weighted by Gasteiger charge is -1.83. The minimum absolute atomic E-state index is 0.0221. The molecule has 1 aliphatic heterocycles. The van der Waals surface area contributed by atoms with Crippen molar-refractivity contribution < 1.29 is 10.0 Å². The fourth-order valence-electron chi connectivity index (χ4n) is 0.475. The molecule has 1 rings (SSSR count). The van der Waals surface area contributed by atoms with Gasteiger partial charge in [-0.05, 0) is 10.7 Å². The van der Waals surface area contributed by atoms with Crippen molar-refractivity contribution in [3.8, 4) is 0 Å². The first-order chi connectivity index (χ1) is 3.83. The summed E-state index contributed by atoms with van der Waals surface area (Å²) >= 11 is 0. The summed E-state index contributed by atoms with van der Waals surface area (Å²) in [5.41, 5.74) is 0. The highest BCUT2D eigenvalue weighted by Gasteiger charge is 2.13. The number of nitrogens with zero attached hydrogens (tertiary/aromatic N) is 1. The molecule has 8 heavy (non-hydrogen) atoms. The highest BCUT2D eigenvalue weighted by atomic mass is 32.2. The quantitative estimate of drug-likeness (QED) is 0.429. The molecule has 1 amide bonds. The van der Waals surface area contributed by atoms with E-state index in [1.54, 1.807) is 0 Å². The highest BCUT2D eigenvalue weighted by molar-refractivity contribution is 7.88. The molecule has 1 heterocycles. The molecule has 1 atom stereocenters. The smallest absolute Gasteiger partial charge is 0.231 e. The van der Waals surface area contributed by atoms with E-state index in [4.69, 9.17) is 5.21 Å². The van der Waals surface area contributed by atoms with Gasteiger partial charge < -0.3 is 5.32 Å². The first kappa shape index (κ1) is 5.71. The molecule has 0 bridgehead atoms. The molecule has 0 spiro atoms. The summed E-state index contributed by atoms with van der Waals surface area (Å²) in [6.45, 7) is 0. The summed E-state index contributed by atoms with van der Waals surface area (Å²) < 4.78 is 2.98. The van der Waals surface area contributed by atoms with Gasteiger partial charge in [-0.2, -0.15) is 0 Å². The van der Waals surface area contributed by atoms with Gasteiger partial charge in [-0.25, -0.2) is 0 Å². The number of carbonyl (C=O) groups excluding carboxylic acids is 1. The van der Waals surface area contributed by atoms with Gasteiger partial charge in [0.2, 0.25) is 5.91 Å². The van der Waals surface area contributed by atoms with Gasteiger partial charge in [0, 0.05) is 0 Å². The van der Waals surface area contributed by atoms with Crippen LogP contribution in [0.15, 0.2) is 4.53 Å². The molecule has 1 unspecified atom stereocenters. The molecule has 0 radical (unpaired) electrons. The maximum Gasteiger partial charge on any atom is 0.231 e. The van der Waals surface area contributed by atoms with E-state index in [2.05, 4.69) is 9.84 Å². The van der Waals surface area contributed by atoms with Crippen LogP contribution in [0.4, 0.5) is 0 Å². The zero-order chi connectivity index (χ0) is 5.98. The van der Waals surface area contributed by atoms with Crippen LogP contribution in [-0.4, -0.2) is 22.7 Å². The molecule has 0 aliphatic carbocycles. The molecular formula is C3H6N2O2S. The van der Waals surface area contributed by atoms with Crippen LogP contribution in [0, 0.1) is 0 Å². The molecule has 1 fully saturated rings. The molecule has 1 saturated heterocycles. The Balaban J connectivity index is 2.56. The third kappa shape index (κ3) is 1.05. The summed E-state index contributed by atoms with van der Waals surface area (Å²) in [5, 5.41) is 10.7. The third-order valence-corrected chi connectivity index (χ3v) is 2.15. The van der Waals surface area contributed by atoms with E-state index < -0.39 is 10.7 Å². The van der Waals surface area contributed by atoms with Gasteiger partial charge in [-0.1, -0.05) is 0 Å². The first-order valence-corrected chi connectivity index (χ1v) is 3.64. The molecule has 0 saturated carbocycles. The number of carbonyl (C=O) groups is 1. The monoisotopic (exact) mass is 134 g/mol. The van der Waals surface area contributed by atoms with Crippen molar-refractivity contribution in [2.75, 3.05) is 11.6 Å². The number of hydrogen-bond donors (Lipinski definition) is 2. The maximum absolute atomic E-state index is 10.3. The van der Waals surface area contributed by atoms with Gasteiger partial charge in [0.15, 0.2) is 0 Å². The average molecular weight is 134 g/mol. The van der Waals surface area contributed by atoms with Crippen molar-refractivity contribution >= 4 is 16.6 Å². The summed E-state index contributed by atoms with van der Waals surface area (Å²) in [6.07, 6.45) is 0. The van der Waals surface area contributed by atoms with E-state index in [0.29, 0.717) is 11.6 Å². The van der Waals surface area contributed by atoms with Crippen LogP contribution in [0.25, 0.3) is 0 Å². The number of hydrogen-bond acceptors (Lipinski definition) is 2. The Bertz CT molecular complexity index is 144. The Morgan fingerprint density at radius 1 is 1.88 bits per heavy atom. The van der Waals surface area contributed by atoms with Gasteiger partial charge in [0.25, 0.3) is 0 Å². The minimum atomic E-state index is -0.444. The average Bonchev–Trinajstić information content (AvgIpc) is 2.14. The van der Waals surface area contributed by atoms with Crippen LogP contribution in [0.1, 0.15) is 0 Å². The van der Waals surface area contributed by atoms with E-state index in [0.717, 1.165) is 0 Å². The second-order valence-corrected chi connectivity index (χ2v) is 3.10. The van der Waals surface area contributed by atoms with Crippen LogP contribution in [0.5, 0.6) is 0 Å². The molecule has 5 heteroatoms. The molecule has 0 aromatic rings. The highest BCUT2D eigenvalue weighted by Crippen LogP contribution is 1.92. The van der Waals surface area contributed by atoms with Crippen LogP contribution in [-0.2, 0) is 15.5 Å².